The second-order valence-electron chi connectivity index (χ2n) is 7.25. The van der Waals surface area contributed by atoms with Crippen LogP contribution < -0.4 is 4.74 Å². The van der Waals surface area contributed by atoms with Gasteiger partial charge in [0.05, 0.1) is 18.1 Å². The van der Waals surface area contributed by atoms with Gasteiger partial charge in [0, 0.05) is 31.7 Å². The Morgan fingerprint density at radius 1 is 1.31 bits per heavy atom. The number of benzene rings is 1. The van der Waals surface area contributed by atoms with Crippen LogP contribution in [0.4, 0.5) is 0 Å². The van der Waals surface area contributed by atoms with Crippen LogP contribution in [0.1, 0.15) is 43.0 Å². The maximum atomic E-state index is 13.1. The summed E-state index contributed by atoms with van der Waals surface area (Å²) in [6.07, 6.45) is 3.31. The molecule has 142 valence electrons. The Morgan fingerprint density at radius 2 is 2.04 bits per heavy atom. The molecule has 2 fully saturated rings. The van der Waals surface area contributed by atoms with Gasteiger partial charge in [-0.2, -0.15) is 0 Å². The van der Waals surface area contributed by atoms with Crippen molar-refractivity contribution < 1.29 is 24.2 Å². The minimum atomic E-state index is -0.824. The molecule has 1 unspecified atom stereocenters. The summed E-state index contributed by atoms with van der Waals surface area (Å²) in [5, 5.41) is 9.70. The first-order chi connectivity index (χ1) is 12.6. The predicted molar refractivity (Wildman–Crippen MR) is 96.4 cm³/mol. The van der Waals surface area contributed by atoms with Crippen molar-refractivity contribution in [2.24, 2.45) is 11.3 Å². The van der Waals surface area contributed by atoms with E-state index in [9.17, 15) is 14.7 Å². The highest BCUT2D eigenvalue weighted by atomic mass is 16.5. The van der Waals surface area contributed by atoms with Gasteiger partial charge in [0.2, 0.25) is 0 Å². The van der Waals surface area contributed by atoms with Crippen LogP contribution in [0.15, 0.2) is 24.3 Å². The first-order valence-corrected chi connectivity index (χ1v) is 9.39. The molecule has 1 spiro atoms. The van der Waals surface area contributed by atoms with E-state index in [0.29, 0.717) is 50.5 Å². The lowest BCUT2D eigenvalue weighted by Crippen LogP contribution is -2.40. The van der Waals surface area contributed by atoms with E-state index in [-0.39, 0.29) is 17.9 Å². The molecule has 1 aromatic carbocycles. The summed E-state index contributed by atoms with van der Waals surface area (Å²) in [6, 6.07) is 7.23. The Kier molecular flexibility index (Phi) is 5.81. The van der Waals surface area contributed by atoms with Crippen molar-refractivity contribution in [3.8, 4) is 5.75 Å². The zero-order valence-electron chi connectivity index (χ0n) is 15.3. The molecule has 0 aromatic heterocycles. The van der Waals surface area contributed by atoms with Crippen molar-refractivity contribution in [1.82, 2.24) is 4.90 Å². The number of para-hydroxylation sites is 1. The SMILES string of the molecule is CCCCOc1ccccc1C(=O)N1CC(C(=O)O)C2(CCOCC2)C1. The lowest BCUT2D eigenvalue weighted by atomic mass is 9.72. The molecule has 6 nitrogen and oxygen atoms in total. The third-order valence-corrected chi connectivity index (χ3v) is 5.59. The van der Waals surface area contributed by atoms with E-state index >= 15 is 0 Å². The molecule has 3 rings (SSSR count). The molecule has 2 aliphatic heterocycles. The van der Waals surface area contributed by atoms with Crippen molar-refractivity contribution in [2.45, 2.75) is 32.6 Å². The highest BCUT2D eigenvalue weighted by molar-refractivity contribution is 5.97. The van der Waals surface area contributed by atoms with E-state index in [0.717, 1.165) is 12.8 Å². The highest BCUT2D eigenvalue weighted by Gasteiger charge is 2.52. The number of carboxylic acids is 1. The fourth-order valence-corrected chi connectivity index (χ4v) is 4.01. The summed E-state index contributed by atoms with van der Waals surface area (Å²) in [4.78, 5) is 26.6. The van der Waals surface area contributed by atoms with Crippen molar-refractivity contribution >= 4 is 11.9 Å². The van der Waals surface area contributed by atoms with Gasteiger partial charge in [-0.15, -0.1) is 0 Å². The molecule has 0 saturated carbocycles. The molecular weight excluding hydrogens is 334 g/mol. The Hall–Kier alpha value is -2.08. The largest absolute Gasteiger partial charge is 0.493 e. The molecule has 0 bridgehead atoms. The number of hydrogen-bond donors (Lipinski definition) is 1. The standard InChI is InChI=1S/C20H27NO5/c1-2-3-10-26-17-7-5-4-6-15(17)18(22)21-13-16(19(23)24)20(14-21)8-11-25-12-9-20/h4-7,16H,2-3,8-14H2,1H3,(H,23,24). The molecule has 1 amide bonds. The number of likely N-dealkylation sites (tertiary alicyclic amines) is 1. The molecule has 2 saturated heterocycles. The number of hydrogen-bond acceptors (Lipinski definition) is 4. The minimum absolute atomic E-state index is 0.147. The number of amides is 1. The number of aliphatic carboxylic acids is 1. The van der Waals surface area contributed by atoms with Gasteiger partial charge in [-0.3, -0.25) is 9.59 Å². The number of unbranched alkanes of at least 4 members (excludes halogenated alkanes) is 1. The van der Waals surface area contributed by atoms with Crippen molar-refractivity contribution in [2.75, 3.05) is 32.9 Å². The monoisotopic (exact) mass is 361 g/mol. The van der Waals surface area contributed by atoms with Crippen LogP contribution >= 0.6 is 0 Å². The third kappa shape index (κ3) is 3.70. The smallest absolute Gasteiger partial charge is 0.308 e. The van der Waals surface area contributed by atoms with Gasteiger partial charge in [0.25, 0.3) is 5.91 Å². The molecule has 2 heterocycles. The molecule has 1 aromatic rings. The van der Waals surface area contributed by atoms with Crippen LogP contribution in [-0.2, 0) is 9.53 Å². The topological polar surface area (TPSA) is 76.1 Å². The van der Waals surface area contributed by atoms with Gasteiger partial charge in [0.1, 0.15) is 5.75 Å². The average Bonchev–Trinajstić information content (AvgIpc) is 3.01. The van der Waals surface area contributed by atoms with Gasteiger partial charge < -0.3 is 19.5 Å². The van der Waals surface area contributed by atoms with Crippen molar-refractivity contribution in [3.05, 3.63) is 29.8 Å². The number of rotatable bonds is 6. The zero-order valence-corrected chi connectivity index (χ0v) is 15.3. The molecule has 26 heavy (non-hydrogen) atoms. The second kappa shape index (κ2) is 8.08. The molecule has 0 radical (unpaired) electrons. The third-order valence-electron chi connectivity index (χ3n) is 5.59. The molecule has 1 N–H and O–H groups in total. The average molecular weight is 361 g/mol. The van der Waals surface area contributed by atoms with Crippen molar-refractivity contribution in [3.63, 3.8) is 0 Å². The summed E-state index contributed by atoms with van der Waals surface area (Å²) in [7, 11) is 0. The Bertz CT molecular complexity index is 653. The summed E-state index contributed by atoms with van der Waals surface area (Å²) in [5.74, 6) is -0.935. The normalized spacial score (nSPS) is 21.7. The van der Waals surface area contributed by atoms with Crippen LogP contribution in [-0.4, -0.2) is 54.8 Å². The first kappa shape index (κ1) is 18.7. The lowest BCUT2D eigenvalue weighted by Gasteiger charge is -2.36. The number of nitrogens with zero attached hydrogens (tertiary/aromatic N) is 1. The Labute approximate surface area is 154 Å². The molecule has 2 aliphatic rings. The molecule has 1 atom stereocenters. The van der Waals surface area contributed by atoms with Gasteiger partial charge in [-0.25, -0.2) is 0 Å². The first-order valence-electron chi connectivity index (χ1n) is 9.39. The maximum absolute atomic E-state index is 13.1. The number of carboxylic acid groups (broad SMARTS) is 1. The molecular formula is C20H27NO5. The quantitative estimate of drug-likeness (QED) is 0.789. The maximum Gasteiger partial charge on any atom is 0.308 e. The lowest BCUT2D eigenvalue weighted by molar-refractivity contribution is -0.146. The van der Waals surface area contributed by atoms with Gasteiger partial charge >= 0.3 is 5.97 Å². The van der Waals surface area contributed by atoms with Crippen LogP contribution in [0.25, 0.3) is 0 Å². The molecule has 6 heteroatoms. The van der Waals surface area contributed by atoms with E-state index in [1.165, 1.54) is 0 Å². The Balaban J connectivity index is 1.79. The summed E-state index contributed by atoms with van der Waals surface area (Å²) in [6.45, 7) is 4.49. The zero-order chi connectivity index (χ0) is 18.6. The fraction of sp³-hybridized carbons (Fsp3) is 0.600. The predicted octanol–water partition coefficient (Wildman–Crippen LogP) is 2.82. The summed E-state index contributed by atoms with van der Waals surface area (Å²) in [5.41, 5.74) is 0.134. The van der Waals surface area contributed by atoms with Gasteiger partial charge in [-0.05, 0) is 31.4 Å². The van der Waals surface area contributed by atoms with E-state index in [1.807, 2.05) is 12.1 Å². The van der Waals surface area contributed by atoms with E-state index < -0.39 is 11.9 Å². The van der Waals surface area contributed by atoms with Crippen molar-refractivity contribution in [1.29, 1.82) is 0 Å². The van der Waals surface area contributed by atoms with Crippen LogP contribution in [0.2, 0.25) is 0 Å². The summed E-state index contributed by atoms with van der Waals surface area (Å²) < 4.78 is 11.2. The number of carbonyl (C=O) groups excluding carboxylic acids is 1. The summed E-state index contributed by atoms with van der Waals surface area (Å²) >= 11 is 0. The number of carbonyl (C=O) groups is 2. The fourth-order valence-electron chi connectivity index (χ4n) is 4.01. The van der Waals surface area contributed by atoms with Gasteiger partial charge in [-0.1, -0.05) is 25.5 Å². The highest BCUT2D eigenvalue weighted by Crippen LogP contribution is 2.45. The minimum Gasteiger partial charge on any atom is -0.493 e. The van der Waals surface area contributed by atoms with Crippen LogP contribution in [0.3, 0.4) is 0 Å². The Morgan fingerprint density at radius 3 is 2.73 bits per heavy atom. The van der Waals surface area contributed by atoms with Crippen LogP contribution in [0.5, 0.6) is 5.75 Å². The van der Waals surface area contributed by atoms with E-state index in [1.54, 1.807) is 17.0 Å². The van der Waals surface area contributed by atoms with E-state index in [4.69, 9.17) is 9.47 Å². The second-order valence-corrected chi connectivity index (χ2v) is 7.25. The van der Waals surface area contributed by atoms with Gasteiger partial charge in [0.15, 0.2) is 0 Å². The molecule has 0 aliphatic carbocycles. The van der Waals surface area contributed by atoms with Crippen LogP contribution in [0, 0.1) is 11.3 Å². The number of ether oxygens (including phenoxy) is 2. The van der Waals surface area contributed by atoms with E-state index in [2.05, 4.69) is 6.92 Å².